The van der Waals surface area contributed by atoms with Crippen LogP contribution in [-0.4, -0.2) is 30.4 Å². The molecule has 194 valence electrons. The van der Waals surface area contributed by atoms with Crippen molar-refractivity contribution in [3.63, 3.8) is 0 Å². The van der Waals surface area contributed by atoms with Crippen LogP contribution in [0.2, 0.25) is 15.1 Å². The van der Waals surface area contributed by atoms with Crippen molar-refractivity contribution in [1.82, 2.24) is 5.32 Å². The Bertz CT molecular complexity index is 1520. The van der Waals surface area contributed by atoms with Crippen LogP contribution in [0.4, 0.5) is 16.2 Å². The summed E-state index contributed by atoms with van der Waals surface area (Å²) in [5.41, 5.74) is 3.05. The number of carbonyl (C=O) groups excluding carboxylic acids is 4. The highest BCUT2D eigenvalue weighted by molar-refractivity contribution is 6.43. The minimum absolute atomic E-state index is 0.136. The monoisotopic (exact) mass is 571 g/mol. The maximum atomic E-state index is 13.1. The van der Waals surface area contributed by atoms with E-state index in [1.165, 1.54) is 36.4 Å². The number of benzene rings is 3. The maximum Gasteiger partial charge on any atom is 0.335 e. The molecule has 0 unspecified atom stereocenters. The number of hydrogen-bond donors (Lipinski definition) is 2. The number of halogens is 3. The first-order chi connectivity index (χ1) is 18.0. The molecule has 0 aromatic heterocycles. The molecule has 1 heterocycles. The third-order valence-corrected chi connectivity index (χ3v) is 6.71. The number of barbiturate groups is 1. The lowest BCUT2D eigenvalue weighted by atomic mass is 10.1. The average molecular weight is 573 g/mol. The molecule has 0 saturated carbocycles. The van der Waals surface area contributed by atoms with Crippen LogP contribution in [0.15, 0.2) is 60.2 Å². The van der Waals surface area contributed by atoms with Gasteiger partial charge in [-0.2, -0.15) is 0 Å². The summed E-state index contributed by atoms with van der Waals surface area (Å²) in [6.07, 6.45) is 1.29. The zero-order valence-corrected chi connectivity index (χ0v) is 22.4. The number of nitrogens with one attached hydrogen (secondary N) is 2. The van der Waals surface area contributed by atoms with Gasteiger partial charge in [-0.25, -0.2) is 9.69 Å². The highest BCUT2D eigenvalue weighted by Gasteiger charge is 2.37. The van der Waals surface area contributed by atoms with Crippen LogP contribution >= 0.6 is 34.8 Å². The van der Waals surface area contributed by atoms with Gasteiger partial charge < -0.3 is 10.1 Å². The number of hydrogen-bond acceptors (Lipinski definition) is 5. The van der Waals surface area contributed by atoms with E-state index in [-0.39, 0.29) is 44.6 Å². The topological polar surface area (TPSA) is 105 Å². The molecule has 0 aliphatic carbocycles. The standard InChI is InChI=1S/C27H20Cl3N3O5/c1-14-3-5-17(9-15(14)2)31-24(34)13-38-23-8-4-16(11-22(23)30)10-19-25(35)32-27(37)33(26(19)36)18-6-7-20(28)21(29)12-18/h3-12H,13H2,1-2H3,(H,31,34)(H,32,35,37)/b19-10-. The molecule has 0 bridgehead atoms. The summed E-state index contributed by atoms with van der Waals surface area (Å²) in [6.45, 7) is 3.65. The van der Waals surface area contributed by atoms with Gasteiger partial charge in [0.05, 0.1) is 20.8 Å². The summed E-state index contributed by atoms with van der Waals surface area (Å²) < 4.78 is 5.53. The molecular weight excluding hydrogens is 553 g/mol. The molecule has 0 spiro atoms. The van der Waals surface area contributed by atoms with Gasteiger partial charge in [0.2, 0.25) is 0 Å². The van der Waals surface area contributed by atoms with E-state index in [1.807, 2.05) is 26.0 Å². The van der Waals surface area contributed by atoms with Crippen LogP contribution in [0.25, 0.3) is 6.08 Å². The second kappa shape index (κ2) is 11.3. The number of urea groups is 1. The molecule has 1 saturated heterocycles. The predicted molar refractivity (Wildman–Crippen MR) is 147 cm³/mol. The third-order valence-electron chi connectivity index (χ3n) is 5.68. The molecule has 2 N–H and O–H groups in total. The first-order valence-electron chi connectivity index (χ1n) is 11.2. The molecule has 0 atom stereocenters. The zero-order chi connectivity index (χ0) is 27.6. The minimum Gasteiger partial charge on any atom is -0.482 e. The Morgan fingerprint density at radius 1 is 0.921 bits per heavy atom. The molecule has 11 heteroatoms. The lowest BCUT2D eigenvalue weighted by Crippen LogP contribution is -2.54. The Kier molecular flexibility index (Phi) is 8.06. The van der Waals surface area contributed by atoms with Gasteiger partial charge in [0, 0.05) is 5.69 Å². The summed E-state index contributed by atoms with van der Waals surface area (Å²) >= 11 is 18.3. The summed E-state index contributed by atoms with van der Waals surface area (Å²) in [7, 11) is 0. The summed E-state index contributed by atoms with van der Waals surface area (Å²) in [5, 5.41) is 5.42. The van der Waals surface area contributed by atoms with Crippen LogP contribution in [0.3, 0.4) is 0 Å². The second-order valence-corrected chi connectivity index (χ2v) is 9.60. The lowest BCUT2D eigenvalue weighted by Gasteiger charge is -2.26. The number of anilines is 2. The summed E-state index contributed by atoms with van der Waals surface area (Å²) in [6, 6.07) is 13.4. The van der Waals surface area contributed by atoms with Crippen LogP contribution in [0.5, 0.6) is 5.75 Å². The number of nitrogens with zero attached hydrogens (tertiary/aromatic N) is 1. The Morgan fingerprint density at radius 3 is 2.37 bits per heavy atom. The number of amides is 5. The molecule has 3 aromatic rings. The number of rotatable bonds is 6. The van der Waals surface area contributed by atoms with Gasteiger partial charge in [0.1, 0.15) is 11.3 Å². The van der Waals surface area contributed by atoms with Crippen molar-refractivity contribution < 1.29 is 23.9 Å². The van der Waals surface area contributed by atoms with Crippen molar-refractivity contribution in [2.75, 3.05) is 16.8 Å². The van der Waals surface area contributed by atoms with E-state index < -0.39 is 17.8 Å². The van der Waals surface area contributed by atoms with Gasteiger partial charge in [0.15, 0.2) is 6.61 Å². The molecule has 5 amide bonds. The molecule has 8 nitrogen and oxygen atoms in total. The van der Waals surface area contributed by atoms with Crippen molar-refractivity contribution in [3.8, 4) is 5.75 Å². The first kappa shape index (κ1) is 27.2. The van der Waals surface area contributed by atoms with E-state index in [0.29, 0.717) is 11.3 Å². The van der Waals surface area contributed by atoms with E-state index in [0.717, 1.165) is 16.0 Å². The summed E-state index contributed by atoms with van der Waals surface area (Å²) in [4.78, 5) is 51.0. The Balaban J connectivity index is 1.48. The molecule has 38 heavy (non-hydrogen) atoms. The van der Waals surface area contributed by atoms with E-state index in [4.69, 9.17) is 39.5 Å². The van der Waals surface area contributed by atoms with Crippen LogP contribution in [0.1, 0.15) is 16.7 Å². The van der Waals surface area contributed by atoms with Crippen molar-refractivity contribution in [2.24, 2.45) is 0 Å². The first-order valence-corrected chi connectivity index (χ1v) is 12.3. The molecule has 1 aliphatic rings. The van der Waals surface area contributed by atoms with Gasteiger partial charge in [-0.15, -0.1) is 0 Å². The molecule has 4 rings (SSSR count). The second-order valence-electron chi connectivity index (χ2n) is 8.38. The fraction of sp³-hybridized carbons (Fsp3) is 0.111. The van der Waals surface area contributed by atoms with Crippen LogP contribution in [-0.2, 0) is 14.4 Å². The SMILES string of the molecule is Cc1ccc(NC(=O)COc2ccc(/C=C3/C(=O)NC(=O)N(c4ccc(Cl)c(Cl)c4)C3=O)cc2Cl)cc1C. The largest absolute Gasteiger partial charge is 0.482 e. The number of ether oxygens (including phenoxy) is 1. The highest BCUT2D eigenvalue weighted by atomic mass is 35.5. The van der Waals surface area contributed by atoms with E-state index >= 15 is 0 Å². The van der Waals surface area contributed by atoms with Gasteiger partial charge in [-0.05, 0) is 79.1 Å². The van der Waals surface area contributed by atoms with Crippen LogP contribution in [0, 0.1) is 13.8 Å². The molecule has 3 aromatic carbocycles. The average Bonchev–Trinajstić information content (AvgIpc) is 2.85. The fourth-order valence-corrected chi connectivity index (χ4v) is 4.10. The Labute approximate surface area is 233 Å². The van der Waals surface area contributed by atoms with E-state index in [9.17, 15) is 19.2 Å². The molecule has 0 radical (unpaired) electrons. The number of carbonyl (C=O) groups is 4. The Hall–Kier alpha value is -3.85. The van der Waals surface area contributed by atoms with Crippen molar-refractivity contribution in [3.05, 3.63) is 91.9 Å². The van der Waals surface area contributed by atoms with Gasteiger partial charge in [-0.3, -0.25) is 19.7 Å². The third kappa shape index (κ3) is 5.99. The molecular formula is C27H20Cl3N3O5. The normalized spacial score (nSPS) is 14.5. The Morgan fingerprint density at radius 2 is 1.68 bits per heavy atom. The van der Waals surface area contributed by atoms with E-state index in [2.05, 4.69) is 10.6 Å². The van der Waals surface area contributed by atoms with Gasteiger partial charge >= 0.3 is 6.03 Å². The fourth-order valence-electron chi connectivity index (χ4n) is 3.57. The molecule has 1 aliphatic heterocycles. The lowest BCUT2D eigenvalue weighted by molar-refractivity contribution is -0.122. The number of imide groups is 2. The van der Waals surface area contributed by atoms with Crippen molar-refractivity contribution >= 4 is 76.0 Å². The smallest absolute Gasteiger partial charge is 0.335 e. The van der Waals surface area contributed by atoms with Crippen molar-refractivity contribution in [2.45, 2.75) is 13.8 Å². The highest BCUT2D eigenvalue weighted by Crippen LogP contribution is 2.30. The minimum atomic E-state index is -0.920. The predicted octanol–water partition coefficient (Wildman–Crippen LogP) is 5.95. The summed E-state index contributed by atoms with van der Waals surface area (Å²) in [5.74, 6) is -1.85. The maximum absolute atomic E-state index is 13.1. The van der Waals surface area contributed by atoms with Gasteiger partial charge in [0.25, 0.3) is 17.7 Å². The van der Waals surface area contributed by atoms with Crippen LogP contribution < -0.4 is 20.3 Å². The zero-order valence-electron chi connectivity index (χ0n) is 20.1. The van der Waals surface area contributed by atoms with E-state index in [1.54, 1.807) is 12.1 Å². The number of aryl methyl sites for hydroxylation is 2. The van der Waals surface area contributed by atoms with Gasteiger partial charge in [-0.1, -0.05) is 46.9 Å². The van der Waals surface area contributed by atoms with Crippen molar-refractivity contribution in [1.29, 1.82) is 0 Å². The molecule has 1 fully saturated rings. The quantitative estimate of drug-likeness (QED) is 0.281.